The lowest BCUT2D eigenvalue weighted by atomic mass is 10.2. The van der Waals surface area contributed by atoms with E-state index in [4.69, 9.17) is 10.5 Å². The fraction of sp³-hybridized carbons (Fsp3) is 0.700. The highest BCUT2D eigenvalue weighted by molar-refractivity contribution is 9.10. The number of hydrogen-bond acceptors (Lipinski definition) is 5. The molecule has 1 aromatic rings. The number of carbonyl (C=O) groups is 1. The molecule has 0 aliphatic heterocycles. The van der Waals surface area contributed by atoms with Crippen LogP contribution in [0.1, 0.15) is 32.6 Å². The number of rotatable bonds is 7. The minimum absolute atomic E-state index is 0.126. The third-order valence-electron chi connectivity index (χ3n) is 2.20. The van der Waals surface area contributed by atoms with Gasteiger partial charge in [-0.2, -0.15) is 4.98 Å². The predicted octanol–water partition coefficient (Wildman–Crippen LogP) is 1.75. The Kier molecular flexibility index (Phi) is 5.96. The first-order valence-corrected chi connectivity index (χ1v) is 6.44. The lowest BCUT2D eigenvalue weighted by molar-refractivity contribution is -0.143. The second kappa shape index (κ2) is 7.26. The Morgan fingerprint density at radius 1 is 1.47 bits per heavy atom. The molecule has 1 heterocycles. The number of nitrogens with zero attached hydrogens (tertiary/aromatic N) is 3. The van der Waals surface area contributed by atoms with Crippen molar-refractivity contribution in [2.75, 3.05) is 12.3 Å². The second-order valence-electron chi connectivity index (χ2n) is 3.58. The van der Waals surface area contributed by atoms with Crippen LogP contribution in [0.5, 0.6) is 0 Å². The highest BCUT2D eigenvalue weighted by atomic mass is 79.9. The number of aryl methyl sites for hydroxylation is 1. The fourth-order valence-corrected chi connectivity index (χ4v) is 1.86. The summed E-state index contributed by atoms with van der Waals surface area (Å²) in [6, 6.07) is 0. The van der Waals surface area contributed by atoms with E-state index >= 15 is 0 Å². The van der Waals surface area contributed by atoms with Crippen molar-refractivity contribution in [1.82, 2.24) is 14.8 Å². The van der Waals surface area contributed by atoms with Gasteiger partial charge < -0.3 is 10.5 Å². The zero-order chi connectivity index (χ0) is 12.7. The number of carbonyl (C=O) groups excluding carboxylic acids is 1. The number of nitrogen functional groups attached to an aromatic ring is 1. The maximum atomic E-state index is 11.1. The topological polar surface area (TPSA) is 83.0 Å². The van der Waals surface area contributed by atoms with Gasteiger partial charge in [0.05, 0.1) is 6.61 Å². The first-order valence-electron chi connectivity index (χ1n) is 5.65. The standard InChI is InChI=1S/C10H17BrN4O2/c1-2-17-8(16)6-4-3-5-7-15-9(11)13-10(12)14-15/h2-7H2,1H3,(H2,12,14). The molecule has 0 fully saturated rings. The highest BCUT2D eigenvalue weighted by Crippen LogP contribution is 2.10. The Labute approximate surface area is 109 Å². The molecule has 7 heteroatoms. The monoisotopic (exact) mass is 304 g/mol. The van der Waals surface area contributed by atoms with Crippen LogP contribution in [0.2, 0.25) is 0 Å². The Morgan fingerprint density at radius 3 is 2.82 bits per heavy atom. The molecule has 0 aliphatic rings. The van der Waals surface area contributed by atoms with Gasteiger partial charge in [-0.25, -0.2) is 4.68 Å². The van der Waals surface area contributed by atoms with E-state index in [-0.39, 0.29) is 11.9 Å². The Balaban J connectivity index is 2.12. The van der Waals surface area contributed by atoms with Crippen molar-refractivity contribution >= 4 is 27.8 Å². The van der Waals surface area contributed by atoms with Gasteiger partial charge in [0.1, 0.15) is 0 Å². The van der Waals surface area contributed by atoms with Gasteiger partial charge in [-0.15, -0.1) is 5.10 Å². The van der Waals surface area contributed by atoms with Gasteiger partial charge in [-0.3, -0.25) is 4.79 Å². The number of aromatic nitrogens is 3. The van der Waals surface area contributed by atoms with Crippen LogP contribution in [0, 0.1) is 0 Å². The lowest BCUT2D eigenvalue weighted by Gasteiger charge is -2.03. The largest absolute Gasteiger partial charge is 0.466 e. The number of halogens is 1. The average molecular weight is 305 g/mol. The average Bonchev–Trinajstić information content (AvgIpc) is 2.57. The van der Waals surface area contributed by atoms with Gasteiger partial charge in [0.2, 0.25) is 5.95 Å². The normalized spacial score (nSPS) is 10.5. The highest BCUT2D eigenvalue weighted by Gasteiger charge is 2.04. The van der Waals surface area contributed by atoms with Crippen molar-refractivity contribution in [2.45, 2.75) is 39.2 Å². The van der Waals surface area contributed by atoms with E-state index in [1.54, 1.807) is 4.68 Å². The van der Waals surface area contributed by atoms with E-state index in [1.165, 1.54) is 0 Å². The summed E-state index contributed by atoms with van der Waals surface area (Å²) >= 11 is 3.27. The third kappa shape index (κ3) is 5.16. The van der Waals surface area contributed by atoms with Crippen LogP contribution < -0.4 is 5.73 Å². The molecule has 0 unspecified atom stereocenters. The molecule has 0 saturated carbocycles. The van der Waals surface area contributed by atoms with Crippen molar-refractivity contribution in [3.8, 4) is 0 Å². The van der Waals surface area contributed by atoms with Crippen LogP contribution in [0.15, 0.2) is 4.73 Å². The first-order chi connectivity index (χ1) is 8.13. The van der Waals surface area contributed by atoms with E-state index in [9.17, 15) is 4.79 Å². The third-order valence-corrected chi connectivity index (χ3v) is 2.79. The molecule has 6 nitrogen and oxygen atoms in total. The molecule has 0 amide bonds. The van der Waals surface area contributed by atoms with Crippen LogP contribution in [0.4, 0.5) is 5.95 Å². The van der Waals surface area contributed by atoms with Crippen molar-refractivity contribution in [3.05, 3.63) is 4.73 Å². The number of esters is 1. The summed E-state index contributed by atoms with van der Waals surface area (Å²) in [7, 11) is 0. The molecule has 0 saturated heterocycles. The summed E-state index contributed by atoms with van der Waals surface area (Å²) in [5.41, 5.74) is 5.45. The molecular weight excluding hydrogens is 288 g/mol. The maximum Gasteiger partial charge on any atom is 0.305 e. The van der Waals surface area contributed by atoms with Gasteiger partial charge in [0.15, 0.2) is 4.73 Å². The van der Waals surface area contributed by atoms with Crippen LogP contribution >= 0.6 is 15.9 Å². The molecule has 1 aromatic heterocycles. The van der Waals surface area contributed by atoms with Gasteiger partial charge in [0.25, 0.3) is 0 Å². The number of nitrogens with two attached hydrogens (primary N) is 1. The van der Waals surface area contributed by atoms with Gasteiger partial charge >= 0.3 is 5.97 Å². The van der Waals surface area contributed by atoms with Gasteiger partial charge in [0, 0.05) is 13.0 Å². The number of ether oxygens (including phenoxy) is 1. The lowest BCUT2D eigenvalue weighted by Crippen LogP contribution is -2.04. The summed E-state index contributed by atoms with van der Waals surface area (Å²) in [6.07, 6.45) is 3.20. The van der Waals surface area contributed by atoms with E-state index in [2.05, 4.69) is 26.0 Å². The summed E-state index contributed by atoms with van der Waals surface area (Å²) in [4.78, 5) is 15.0. The van der Waals surface area contributed by atoms with E-state index in [0.717, 1.165) is 25.8 Å². The van der Waals surface area contributed by atoms with Crippen LogP contribution in [-0.2, 0) is 16.1 Å². The molecule has 96 valence electrons. The molecule has 0 aromatic carbocycles. The minimum Gasteiger partial charge on any atom is -0.466 e. The molecule has 0 spiro atoms. The smallest absolute Gasteiger partial charge is 0.305 e. The van der Waals surface area contributed by atoms with Crippen LogP contribution in [0.3, 0.4) is 0 Å². The molecule has 0 radical (unpaired) electrons. The van der Waals surface area contributed by atoms with Crippen LogP contribution in [0.25, 0.3) is 0 Å². The van der Waals surface area contributed by atoms with Crippen molar-refractivity contribution in [3.63, 3.8) is 0 Å². The van der Waals surface area contributed by atoms with E-state index < -0.39 is 0 Å². The molecular formula is C10H17BrN4O2. The van der Waals surface area contributed by atoms with Crippen molar-refractivity contribution < 1.29 is 9.53 Å². The zero-order valence-electron chi connectivity index (χ0n) is 9.86. The maximum absolute atomic E-state index is 11.1. The minimum atomic E-state index is -0.126. The number of anilines is 1. The summed E-state index contributed by atoms with van der Waals surface area (Å²) in [6.45, 7) is 3.00. The number of unbranched alkanes of at least 4 members (excludes halogenated alkanes) is 2. The van der Waals surface area contributed by atoms with Gasteiger partial charge in [-0.1, -0.05) is 6.42 Å². The SMILES string of the molecule is CCOC(=O)CCCCCn1nc(N)nc1Br. The van der Waals surface area contributed by atoms with Crippen molar-refractivity contribution in [1.29, 1.82) is 0 Å². The predicted molar refractivity (Wildman–Crippen MR) is 67.2 cm³/mol. The molecule has 1 rings (SSSR count). The molecule has 2 N–H and O–H groups in total. The molecule has 0 aliphatic carbocycles. The number of hydrogen-bond donors (Lipinski definition) is 1. The quantitative estimate of drug-likeness (QED) is 0.613. The second-order valence-corrected chi connectivity index (χ2v) is 4.29. The van der Waals surface area contributed by atoms with E-state index in [0.29, 0.717) is 17.8 Å². The van der Waals surface area contributed by atoms with Crippen LogP contribution in [-0.4, -0.2) is 27.3 Å². The first kappa shape index (κ1) is 14.0. The van der Waals surface area contributed by atoms with E-state index in [1.807, 2.05) is 6.92 Å². The molecule has 0 bridgehead atoms. The Bertz CT molecular complexity index is 367. The van der Waals surface area contributed by atoms with Gasteiger partial charge in [-0.05, 0) is 35.7 Å². The fourth-order valence-electron chi connectivity index (χ4n) is 1.42. The summed E-state index contributed by atoms with van der Waals surface area (Å²) < 4.78 is 7.19. The zero-order valence-corrected chi connectivity index (χ0v) is 11.4. The summed E-state index contributed by atoms with van der Waals surface area (Å²) in [5.74, 6) is 0.141. The molecule has 17 heavy (non-hydrogen) atoms. The Morgan fingerprint density at radius 2 is 2.24 bits per heavy atom. The molecule has 0 atom stereocenters. The van der Waals surface area contributed by atoms with Crippen molar-refractivity contribution in [2.24, 2.45) is 0 Å². The summed E-state index contributed by atoms with van der Waals surface area (Å²) in [5, 5.41) is 4.02. The Hall–Kier alpha value is -1.11.